The Labute approximate surface area is 219 Å². The second kappa shape index (κ2) is 33.4. The molecule has 202 valence electrons. The predicted octanol–water partition coefficient (Wildman–Crippen LogP) is 13.0. The summed E-state index contributed by atoms with van der Waals surface area (Å²) in [5.41, 5.74) is 7.67. The molecule has 34 heavy (non-hydrogen) atoms. The smallest absolute Gasteiger partial charge is 0.0239 e. The first-order valence-electron chi connectivity index (χ1n) is 13.2. The predicted molar refractivity (Wildman–Crippen MR) is 169 cm³/mol. The van der Waals surface area contributed by atoms with Crippen LogP contribution in [0.5, 0.6) is 0 Å². The average molecular weight is 475 g/mol. The second-order valence-electron chi connectivity index (χ2n) is 9.32. The van der Waals surface area contributed by atoms with E-state index in [1.54, 1.807) is 0 Å². The number of rotatable bonds is 6. The lowest BCUT2D eigenvalue weighted by atomic mass is 9.91. The van der Waals surface area contributed by atoms with Crippen LogP contribution < -0.4 is 0 Å². The van der Waals surface area contributed by atoms with E-state index < -0.39 is 0 Å². The molecule has 0 saturated carbocycles. The van der Waals surface area contributed by atoms with Crippen LogP contribution in [0.15, 0.2) is 84.1 Å². The van der Waals surface area contributed by atoms with Crippen LogP contribution in [0.25, 0.3) is 0 Å². The highest BCUT2D eigenvalue weighted by Gasteiger charge is 2.06. The molecule has 0 amide bonds. The lowest BCUT2D eigenvalue weighted by Gasteiger charge is -2.15. The molecule has 0 radical (unpaired) electrons. The molecule has 0 unspecified atom stereocenters. The van der Waals surface area contributed by atoms with Crippen LogP contribution in [-0.2, 0) is 0 Å². The van der Waals surface area contributed by atoms with Gasteiger partial charge in [-0.1, -0.05) is 128 Å². The number of allylic oxidation sites excluding steroid dienone is 10. The van der Waals surface area contributed by atoms with Crippen LogP contribution in [0.3, 0.4) is 0 Å². The van der Waals surface area contributed by atoms with Crippen molar-refractivity contribution in [3.05, 3.63) is 84.1 Å². The Hall–Kier alpha value is -1.82. The highest BCUT2D eigenvalue weighted by Crippen LogP contribution is 2.19. The summed E-state index contributed by atoms with van der Waals surface area (Å²) in [6.07, 6.45) is 11.7. The first kappa shape index (κ1) is 45.6. The van der Waals surface area contributed by atoms with E-state index >= 15 is 0 Å². The Morgan fingerprint density at radius 3 is 1.26 bits per heavy atom. The van der Waals surface area contributed by atoms with Crippen LogP contribution >= 0.6 is 0 Å². The van der Waals surface area contributed by atoms with Crippen LogP contribution in [0.1, 0.15) is 130 Å². The average Bonchev–Trinajstić information content (AvgIpc) is 2.75. The van der Waals surface area contributed by atoms with E-state index in [0.717, 1.165) is 17.6 Å². The zero-order chi connectivity index (χ0) is 28.9. The fraction of sp³-hybridized carbons (Fsp3) is 0.588. The molecule has 0 aromatic rings. The minimum absolute atomic E-state index is 0.550. The maximum atomic E-state index is 3.98. The minimum atomic E-state index is 0.550. The van der Waals surface area contributed by atoms with Crippen molar-refractivity contribution < 1.29 is 0 Å². The van der Waals surface area contributed by atoms with Crippen molar-refractivity contribution >= 4 is 0 Å². The molecule has 0 aromatic heterocycles. The molecule has 0 nitrogen and oxygen atoms in total. The zero-order valence-electron chi connectivity index (χ0n) is 26.8. The van der Waals surface area contributed by atoms with E-state index in [1.807, 2.05) is 73.6 Å². The Kier molecular flexibility index (Phi) is 44.8. The van der Waals surface area contributed by atoms with E-state index in [2.05, 4.69) is 87.8 Å². The lowest BCUT2D eigenvalue weighted by Crippen LogP contribution is -2.02. The molecule has 0 aliphatic heterocycles. The van der Waals surface area contributed by atoms with Gasteiger partial charge in [0.25, 0.3) is 0 Å². The van der Waals surface area contributed by atoms with Gasteiger partial charge in [-0.25, -0.2) is 0 Å². The number of hydrogen-bond acceptors (Lipinski definition) is 0. The molecular formula is C34H66. The van der Waals surface area contributed by atoms with Crippen LogP contribution in [0.2, 0.25) is 0 Å². The highest BCUT2D eigenvalue weighted by molar-refractivity contribution is 5.45. The van der Waals surface area contributed by atoms with Crippen LogP contribution in [0, 0.1) is 5.41 Å². The fourth-order valence-corrected chi connectivity index (χ4v) is 1.67. The topological polar surface area (TPSA) is 0 Å². The normalized spacial score (nSPS) is 9.47. The third-order valence-electron chi connectivity index (χ3n) is 3.83. The van der Waals surface area contributed by atoms with Crippen molar-refractivity contribution in [3.8, 4) is 0 Å². The van der Waals surface area contributed by atoms with E-state index in [9.17, 15) is 0 Å². The molecule has 0 aliphatic carbocycles. The van der Waals surface area contributed by atoms with E-state index in [0.29, 0.717) is 5.41 Å². The van der Waals surface area contributed by atoms with Gasteiger partial charge in [-0.2, -0.15) is 0 Å². The summed E-state index contributed by atoms with van der Waals surface area (Å²) in [7, 11) is 0. The Morgan fingerprint density at radius 2 is 1.12 bits per heavy atom. The van der Waals surface area contributed by atoms with Gasteiger partial charge in [-0.15, -0.1) is 13.2 Å². The summed E-state index contributed by atoms with van der Waals surface area (Å²) < 4.78 is 0. The van der Waals surface area contributed by atoms with Crippen molar-refractivity contribution in [2.24, 2.45) is 5.41 Å². The Morgan fingerprint density at radius 1 is 0.765 bits per heavy atom. The summed E-state index contributed by atoms with van der Waals surface area (Å²) in [4.78, 5) is 0. The van der Waals surface area contributed by atoms with Gasteiger partial charge in [0.2, 0.25) is 0 Å². The van der Waals surface area contributed by atoms with Gasteiger partial charge in [-0.3, -0.25) is 0 Å². The minimum Gasteiger partial charge on any atom is -0.100 e. The van der Waals surface area contributed by atoms with Crippen LogP contribution in [0.4, 0.5) is 0 Å². The van der Waals surface area contributed by atoms with Gasteiger partial charge in [0.1, 0.15) is 0 Å². The quantitative estimate of drug-likeness (QED) is 0.265. The first-order chi connectivity index (χ1) is 15.6. The van der Waals surface area contributed by atoms with Crippen molar-refractivity contribution in [1.82, 2.24) is 0 Å². The zero-order valence-corrected chi connectivity index (χ0v) is 26.8. The van der Waals surface area contributed by atoms with Crippen molar-refractivity contribution in [3.63, 3.8) is 0 Å². The summed E-state index contributed by atoms with van der Waals surface area (Å²) in [6.45, 7) is 48.4. The molecule has 0 heterocycles. The monoisotopic (exact) mass is 475 g/mol. The van der Waals surface area contributed by atoms with Gasteiger partial charge in [0, 0.05) is 0 Å². The standard InChI is InChI=1S/C14H20.C7H16.C5H10.C4H8.2C2H6/c1-7-14(8-2)13(6)10-9-12(5)11(3)4;1-5-6-7(2,3)4;1-4-5(2)3;1-4(2)3;2*1-2/h7-10H,1,6H2,2-5H3;5-6H2,1-4H3;2,4H2,1,3H3;1H2,2-3H3;2*1-2H3/b10-9-,14-8+;;;;;. The Balaban J connectivity index is -0.0000000821. The summed E-state index contributed by atoms with van der Waals surface area (Å²) in [5, 5.41) is 0. The summed E-state index contributed by atoms with van der Waals surface area (Å²) >= 11 is 0. The molecule has 0 N–H and O–H groups in total. The molecule has 0 aliphatic rings. The third kappa shape index (κ3) is 57.3. The molecule has 0 atom stereocenters. The van der Waals surface area contributed by atoms with Crippen molar-refractivity contribution in [1.29, 1.82) is 0 Å². The van der Waals surface area contributed by atoms with Crippen molar-refractivity contribution in [2.45, 2.75) is 130 Å². The van der Waals surface area contributed by atoms with Gasteiger partial charge < -0.3 is 0 Å². The third-order valence-corrected chi connectivity index (χ3v) is 3.83. The van der Waals surface area contributed by atoms with E-state index in [1.165, 1.54) is 35.1 Å². The SMILES string of the molecule is C=C(C)C.C=C(C)CC.C=C/C(=C\C)C(=C)/C=C\C(C)=C(C)C.CC.CC.CCCC(C)(C)C. The fourth-order valence-electron chi connectivity index (χ4n) is 1.67. The summed E-state index contributed by atoms with van der Waals surface area (Å²) in [5.74, 6) is 0. The van der Waals surface area contributed by atoms with Gasteiger partial charge >= 0.3 is 0 Å². The molecule has 0 rings (SSSR count). The van der Waals surface area contributed by atoms with Crippen molar-refractivity contribution in [2.75, 3.05) is 0 Å². The molecule has 0 heteroatoms. The maximum absolute atomic E-state index is 3.98. The molecule has 0 saturated heterocycles. The molecular weight excluding hydrogens is 408 g/mol. The van der Waals surface area contributed by atoms with E-state index in [4.69, 9.17) is 0 Å². The second-order valence-corrected chi connectivity index (χ2v) is 9.32. The van der Waals surface area contributed by atoms with Gasteiger partial charge in [-0.05, 0) is 77.9 Å². The highest BCUT2D eigenvalue weighted by atomic mass is 14.1. The van der Waals surface area contributed by atoms with E-state index in [-0.39, 0.29) is 0 Å². The van der Waals surface area contributed by atoms with Crippen LogP contribution in [-0.4, -0.2) is 0 Å². The molecule has 0 aromatic carbocycles. The molecule has 0 spiro atoms. The van der Waals surface area contributed by atoms with Gasteiger partial charge in [0.05, 0.1) is 0 Å². The Bertz CT molecular complexity index is 572. The molecule has 0 fully saturated rings. The maximum Gasteiger partial charge on any atom is -0.0239 e. The first-order valence-corrected chi connectivity index (χ1v) is 13.2. The lowest BCUT2D eigenvalue weighted by molar-refractivity contribution is 0.373. The number of hydrogen-bond donors (Lipinski definition) is 0. The largest absolute Gasteiger partial charge is 0.100 e. The van der Waals surface area contributed by atoms with Gasteiger partial charge in [0.15, 0.2) is 0 Å². The molecule has 0 bridgehead atoms. The summed E-state index contributed by atoms with van der Waals surface area (Å²) in [6, 6.07) is 0.